The van der Waals surface area contributed by atoms with Crippen molar-refractivity contribution in [3.63, 3.8) is 0 Å². The molecule has 2 rings (SSSR count). The number of benzene rings is 2. The topological polar surface area (TPSA) is 18.5 Å². The van der Waals surface area contributed by atoms with Gasteiger partial charge in [-0.2, -0.15) is 0 Å². The van der Waals surface area contributed by atoms with Gasteiger partial charge in [0.15, 0.2) is 0 Å². The van der Waals surface area contributed by atoms with Crippen LogP contribution in [0.1, 0.15) is 52.2 Å². The van der Waals surface area contributed by atoms with Gasteiger partial charge in [-0.15, -0.1) is 12.4 Å². The summed E-state index contributed by atoms with van der Waals surface area (Å²) in [4.78, 5) is 0. The van der Waals surface area contributed by atoms with Crippen molar-refractivity contribution in [1.82, 2.24) is 0 Å². The van der Waals surface area contributed by atoms with E-state index in [-0.39, 0.29) is 30.2 Å². The van der Waals surface area contributed by atoms with Crippen LogP contribution in [0.25, 0.3) is 0 Å². The summed E-state index contributed by atoms with van der Waals surface area (Å²) in [6, 6.07) is 19.2. The molecule has 0 bridgehead atoms. The summed E-state index contributed by atoms with van der Waals surface area (Å²) in [7, 11) is 4.49. The average molecular weight is 485 g/mol. The molecule has 0 atom stereocenters. The van der Waals surface area contributed by atoms with Gasteiger partial charge in [0, 0.05) is 5.56 Å². The highest BCUT2D eigenvalue weighted by Crippen LogP contribution is 2.36. The van der Waals surface area contributed by atoms with Crippen molar-refractivity contribution in [2.75, 3.05) is 40.5 Å². The molecule has 0 aromatic heterocycles. The molecule has 0 saturated heterocycles. The first-order valence-corrected chi connectivity index (χ1v) is 11.1. The van der Waals surface area contributed by atoms with E-state index in [0.717, 1.165) is 36.3 Å². The van der Waals surface area contributed by atoms with Crippen LogP contribution in [0.5, 0.6) is 5.75 Å². The first-order chi connectivity index (χ1) is 14.0. The third-order valence-electron chi connectivity index (χ3n) is 5.40. The summed E-state index contributed by atoms with van der Waals surface area (Å²) < 4.78 is 12.6. The molecular formula is C27H43Cl2NO2. The maximum Gasteiger partial charge on any atom is 0.119 e. The zero-order valence-corrected chi connectivity index (χ0v) is 22.6. The minimum Gasteiger partial charge on any atom is -1.00 e. The van der Waals surface area contributed by atoms with E-state index in [1.54, 1.807) is 0 Å². The summed E-state index contributed by atoms with van der Waals surface area (Å²) in [5.41, 5.74) is 3.19. The van der Waals surface area contributed by atoms with Crippen LogP contribution >= 0.6 is 12.4 Å². The number of nitrogens with zero attached hydrogens (tertiary/aromatic N) is 1. The Hall–Kier alpha value is -1.26. The van der Waals surface area contributed by atoms with Gasteiger partial charge in [0.1, 0.15) is 25.4 Å². The molecule has 2 aromatic rings. The number of hydrogen-bond acceptors (Lipinski definition) is 2. The second-order valence-corrected chi connectivity index (χ2v) is 10.9. The van der Waals surface area contributed by atoms with Crippen LogP contribution in [-0.4, -0.2) is 44.9 Å². The Morgan fingerprint density at radius 2 is 1.38 bits per heavy atom. The molecule has 0 unspecified atom stereocenters. The van der Waals surface area contributed by atoms with Crippen molar-refractivity contribution in [1.29, 1.82) is 0 Å². The molecule has 0 amide bonds. The zero-order chi connectivity index (χ0) is 22.3. The second kappa shape index (κ2) is 13.4. The Bertz CT molecular complexity index is 753. The summed E-state index contributed by atoms with van der Waals surface area (Å²) >= 11 is 0. The molecule has 0 aliphatic heterocycles. The fraction of sp³-hybridized carbons (Fsp3) is 0.556. The third kappa shape index (κ3) is 11.6. The van der Waals surface area contributed by atoms with Crippen LogP contribution in [0.15, 0.2) is 54.6 Å². The first kappa shape index (κ1) is 30.7. The predicted octanol–water partition coefficient (Wildman–Crippen LogP) is 3.50. The SMILES string of the molecule is CC(C)(C)CC(C)(C)c1ccc(OCCOCC[N+](C)(C)Cc2ccccc2)cc1.Cl.[Cl-]. The Morgan fingerprint density at radius 1 is 0.781 bits per heavy atom. The van der Waals surface area contributed by atoms with Crippen molar-refractivity contribution in [3.8, 4) is 5.75 Å². The Morgan fingerprint density at radius 3 is 1.94 bits per heavy atom. The van der Waals surface area contributed by atoms with E-state index in [0.29, 0.717) is 18.6 Å². The Labute approximate surface area is 208 Å². The number of likely N-dealkylation sites (N-methyl/N-ethyl adjacent to an activating group) is 1. The lowest BCUT2D eigenvalue weighted by Crippen LogP contribution is -3.00. The lowest BCUT2D eigenvalue weighted by atomic mass is 9.72. The normalized spacial score (nSPS) is 12.0. The highest BCUT2D eigenvalue weighted by Gasteiger charge is 2.27. The van der Waals surface area contributed by atoms with Gasteiger partial charge >= 0.3 is 0 Å². The smallest absolute Gasteiger partial charge is 0.119 e. The fourth-order valence-electron chi connectivity index (χ4n) is 4.22. The van der Waals surface area contributed by atoms with E-state index in [1.165, 1.54) is 11.1 Å². The van der Waals surface area contributed by atoms with E-state index in [2.05, 4.69) is 103 Å². The minimum atomic E-state index is 0. The van der Waals surface area contributed by atoms with Gasteiger partial charge < -0.3 is 26.4 Å². The molecule has 0 heterocycles. The molecule has 5 heteroatoms. The van der Waals surface area contributed by atoms with Crippen LogP contribution in [0.2, 0.25) is 0 Å². The molecule has 0 N–H and O–H groups in total. The van der Waals surface area contributed by atoms with Crippen molar-refractivity contribution >= 4 is 12.4 Å². The van der Waals surface area contributed by atoms with E-state index in [4.69, 9.17) is 9.47 Å². The summed E-state index contributed by atoms with van der Waals surface area (Å²) in [6.07, 6.45) is 1.15. The van der Waals surface area contributed by atoms with Gasteiger partial charge in [0.25, 0.3) is 0 Å². The first-order valence-electron chi connectivity index (χ1n) is 11.1. The average Bonchev–Trinajstić information content (AvgIpc) is 2.63. The quantitative estimate of drug-likeness (QED) is 0.359. The van der Waals surface area contributed by atoms with Crippen molar-refractivity contribution in [2.45, 2.75) is 53.0 Å². The molecular weight excluding hydrogens is 441 g/mol. The molecule has 2 aromatic carbocycles. The standard InChI is InChI=1S/C27H42NO2.2ClH/c1-26(2,3)22-27(4,5)24-13-15-25(16-14-24)30-20-19-29-18-17-28(6,7)21-23-11-9-8-10-12-23;;/h8-16H,17-22H2,1-7H3;2*1H/q+1;;/p-1. The maximum atomic E-state index is 5.87. The molecule has 0 spiro atoms. The fourth-order valence-corrected chi connectivity index (χ4v) is 4.22. The van der Waals surface area contributed by atoms with Gasteiger partial charge in [-0.1, -0.05) is 77.1 Å². The van der Waals surface area contributed by atoms with Gasteiger partial charge in [0.05, 0.1) is 27.3 Å². The molecule has 0 fully saturated rings. The van der Waals surface area contributed by atoms with Gasteiger partial charge in [-0.25, -0.2) is 0 Å². The molecule has 0 radical (unpaired) electrons. The van der Waals surface area contributed by atoms with Crippen LogP contribution in [0, 0.1) is 5.41 Å². The largest absolute Gasteiger partial charge is 1.00 e. The molecule has 0 aliphatic carbocycles. The van der Waals surface area contributed by atoms with E-state index in [1.807, 2.05) is 0 Å². The Balaban J connectivity index is 0.00000480. The highest BCUT2D eigenvalue weighted by atomic mass is 35.5. The maximum absolute atomic E-state index is 5.87. The van der Waals surface area contributed by atoms with Crippen LogP contribution in [0.4, 0.5) is 0 Å². The van der Waals surface area contributed by atoms with E-state index < -0.39 is 0 Å². The molecule has 0 aliphatic rings. The van der Waals surface area contributed by atoms with Crippen molar-refractivity contribution in [3.05, 3.63) is 65.7 Å². The monoisotopic (exact) mass is 483 g/mol. The molecule has 32 heavy (non-hydrogen) atoms. The lowest BCUT2D eigenvalue weighted by molar-refractivity contribution is -0.904. The number of rotatable bonds is 11. The number of quaternary nitrogens is 1. The molecule has 3 nitrogen and oxygen atoms in total. The van der Waals surface area contributed by atoms with Gasteiger partial charge in [-0.3, -0.25) is 0 Å². The Kier molecular flexibility index (Phi) is 12.9. The predicted molar refractivity (Wildman–Crippen MR) is 134 cm³/mol. The number of hydrogen-bond donors (Lipinski definition) is 0. The molecule has 0 saturated carbocycles. The third-order valence-corrected chi connectivity index (χ3v) is 5.40. The van der Waals surface area contributed by atoms with Crippen molar-refractivity contribution < 1.29 is 26.4 Å². The number of halogens is 2. The molecule has 182 valence electrons. The van der Waals surface area contributed by atoms with Crippen LogP contribution in [0.3, 0.4) is 0 Å². The summed E-state index contributed by atoms with van der Waals surface area (Å²) in [5.74, 6) is 0.911. The minimum absolute atomic E-state index is 0. The summed E-state index contributed by atoms with van der Waals surface area (Å²) in [6.45, 7) is 15.5. The van der Waals surface area contributed by atoms with Crippen molar-refractivity contribution in [2.24, 2.45) is 5.41 Å². The van der Waals surface area contributed by atoms with Crippen LogP contribution in [-0.2, 0) is 16.7 Å². The number of ether oxygens (including phenoxy) is 2. The highest BCUT2D eigenvalue weighted by molar-refractivity contribution is 5.85. The van der Waals surface area contributed by atoms with E-state index >= 15 is 0 Å². The van der Waals surface area contributed by atoms with Gasteiger partial charge in [-0.05, 0) is 34.9 Å². The van der Waals surface area contributed by atoms with E-state index in [9.17, 15) is 0 Å². The lowest BCUT2D eigenvalue weighted by Gasteiger charge is -2.33. The van der Waals surface area contributed by atoms with Gasteiger partial charge in [0.2, 0.25) is 0 Å². The second-order valence-electron chi connectivity index (χ2n) is 10.9. The zero-order valence-electron chi connectivity index (χ0n) is 21.0. The summed E-state index contributed by atoms with van der Waals surface area (Å²) in [5, 5.41) is 0. The van der Waals surface area contributed by atoms with Crippen LogP contribution < -0.4 is 17.1 Å².